The standard InChI is InChI=1S/C11H15NO3S/c1-16(14,15)11-5-3-2-4-10(11)12-7-6-9(13)8-12/h2-5,9,13H,6-8H2,1H3. The number of hydrogen-bond donors (Lipinski definition) is 1. The van der Waals surface area contributed by atoms with Gasteiger partial charge in [-0.2, -0.15) is 0 Å². The van der Waals surface area contributed by atoms with Crippen molar-refractivity contribution < 1.29 is 13.5 Å². The molecule has 2 rings (SSSR count). The largest absolute Gasteiger partial charge is 0.391 e. The molecule has 1 saturated heterocycles. The van der Waals surface area contributed by atoms with Gasteiger partial charge < -0.3 is 10.0 Å². The van der Waals surface area contributed by atoms with Gasteiger partial charge in [0.25, 0.3) is 0 Å². The van der Waals surface area contributed by atoms with Crippen molar-refractivity contribution >= 4 is 15.5 Å². The van der Waals surface area contributed by atoms with Crippen molar-refractivity contribution in [2.75, 3.05) is 24.2 Å². The quantitative estimate of drug-likeness (QED) is 0.826. The molecule has 5 heteroatoms. The smallest absolute Gasteiger partial charge is 0.177 e. The molecular formula is C11H15NO3S. The summed E-state index contributed by atoms with van der Waals surface area (Å²) in [4.78, 5) is 2.25. The van der Waals surface area contributed by atoms with Crippen molar-refractivity contribution in [1.82, 2.24) is 0 Å². The first kappa shape index (κ1) is 11.4. The van der Waals surface area contributed by atoms with E-state index in [2.05, 4.69) is 0 Å². The monoisotopic (exact) mass is 241 g/mol. The Morgan fingerprint density at radius 2 is 2.06 bits per heavy atom. The number of hydrogen-bond acceptors (Lipinski definition) is 4. The summed E-state index contributed by atoms with van der Waals surface area (Å²) in [5, 5.41) is 9.46. The first-order valence-electron chi connectivity index (χ1n) is 5.20. The second kappa shape index (κ2) is 4.07. The summed E-state index contributed by atoms with van der Waals surface area (Å²) in [5.74, 6) is 0. The Labute approximate surface area is 95.4 Å². The molecule has 1 unspecified atom stereocenters. The highest BCUT2D eigenvalue weighted by Gasteiger charge is 2.24. The predicted molar refractivity (Wildman–Crippen MR) is 62.4 cm³/mol. The average Bonchev–Trinajstić information content (AvgIpc) is 2.64. The zero-order chi connectivity index (χ0) is 11.8. The molecule has 0 amide bonds. The van der Waals surface area contributed by atoms with Crippen LogP contribution in [-0.2, 0) is 9.84 Å². The normalized spacial score (nSPS) is 21.4. The maximum atomic E-state index is 11.6. The predicted octanol–water partition coefficient (Wildman–Crippen LogP) is 0.661. The molecular weight excluding hydrogens is 226 g/mol. The van der Waals surface area contributed by atoms with E-state index in [0.29, 0.717) is 30.1 Å². The Kier molecular flexibility index (Phi) is 2.90. The van der Waals surface area contributed by atoms with Crippen LogP contribution in [0.1, 0.15) is 6.42 Å². The lowest BCUT2D eigenvalue weighted by atomic mass is 10.3. The highest BCUT2D eigenvalue weighted by molar-refractivity contribution is 7.90. The van der Waals surface area contributed by atoms with Crippen molar-refractivity contribution in [3.8, 4) is 0 Å². The van der Waals surface area contributed by atoms with Gasteiger partial charge in [0.15, 0.2) is 9.84 Å². The first-order chi connectivity index (χ1) is 7.48. The lowest BCUT2D eigenvalue weighted by molar-refractivity contribution is 0.198. The zero-order valence-corrected chi connectivity index (χ0v) is 9.94. The van der Waals surface area contributed by atoms with Crippen LogP contribution in [0.4, 0.5) is 5.69 Å². The molecule has 1 heterocycles. The van der Waals surface area contributed by atoms with E-state index in [0.717, 1.165) is 0 Å². The van der Waals surface area contributed by atoms with Gasteiger partial charge in [-0.3, -0.25) is 0 Å². The molecule has 1 aliphatic rings. The van der Waals surface area contributed by atoms with Crippen LogP contribution in [0, 0.1) is 0 Å². The molecule has 1 N–H and O–H groups in total. The molecule has 88 valence electrons. The van der Waals surface area contributed by atoms with E-state index < -0.39 is 9.84 Å². The van der Waals surface area contributed by atoms with Gasteiger partial charge in [-0.1, -0.05) is 12.1 Å². The molecule has 1 fully saturated rings. The third-order valence-electron chi connectivity index (χ3n) is 2.77. The van der Waals surface area contributed by atoms with Crippen LogP contribution in [0.15, 0.2) is 29.2 Å². The van der Waals surface area contributed by atoms with Crippen LogP contribution in [0.2, 0.25) is 0 Å². The van der Waals surface area contributed by atoms with E-state index >= 15 is 0 Å². The van der Waals surface area contributed by atoms with Gasteiger partial charge in [-0.05, 0) is 18.6 Å². The van der Waals surface area contributed by atoms with Crippen molar-refractivity contribution in [1.29, 1.82) is 0 Å². The second-order valence-electron chi connectivity index (χ2n) is 4.13. The summed E-state index contributed by atoms with van der Waals surface area (Å²) in [6.45, 7) is 1.21. The summed E-state index contributed by atoms with van der Waals surface area (Å²) < 4.78 is 23.2. The SMILES string of the molecule is CS(=O)(=O)c1ccccc1N1CCC(O)C1. The highest BCUT2D eigenvalue weighted by atomic mass is 32.2. The fourth-order valence-corrected chi connectivity index (χ4v) is 2.90. The minimum Gasteiger partial charge on any atom is -0.391 e. The lowest BCUT2D eigenvalue weighted by Crippen LogP contribution is -2.23. The number of benzene rings is 1. The third kappa shape index (κ3) is 2.20. The Balaban J connectivity index is 2.41. The minimum absolute atomic E-state index is 0.337. The van der Waals surface area contributed by atoms with E-state index in [-0.39, 0.29) is 6.10 Å². The van der Waals surface area contributed by atoms with Crippen molar-refractivity contribution in [3.05, 3.63) is 24.3 Å². The van der Waals surface area contributed by atoms with E-state index in [9.17, 15) is 13.5 Å². The molecule has 1 atom stereocenters. The van der Waals surface area contributed by atoms with Crippen LogP contribution in [0.3, 0.4) is 0 Å². The van der Waals surface area contributed by atoms with Crippen LogP contribution in [0.5, 0.6) is 0 Å². The molecule has 0 saturated carbocycles. The molecule has 0 aliphatic carbocycles. The molecule has 0 radical (unpaired) electrons. The lowest BCUT2D eigenvalue weighted by Gasteiger charge is -2.20. The number of anilines is 1. The van der Waals surface area contributed by atoms with Gasteiger partial charge in [-0.15, -0.1) is 0 Å². The fourth-order valence-electron chi connectivity index (χ4n) is 1.99. The van der Waals surface area contributed by atoms with Crippen LogP contribution in [0.25, 0.3) is 0 Å². The molecule has 4 nitrogen and oxygen atoms in total. The summed E-state index contributed by atoms with van der Waals surface area (Å²) in [5.41, 5.74) is 0.696. The fraction of sp³-hybridized carbons (Fsp3) is 0.455. The minimum atomic E-state index is -3.21. The second-order valence-corrected chi connectivity index (χ2v) is 6.11. The Bertz CT molecular complexity index is 484. The van der Waals surface area contributed by atoms with Crippen LogP contribution in [-0.4, -0.2) is 39.0 Å². The number of aliphatic hydroxyl groups is 1. The van der Waals surface area contributed by atoms with Crippen LogP contribution >= 0.6 is 0 Å². The maximum absolute atomic E-state index is 11.6. The molecule has 1 aromatic rings. The molecule has 1 aromatic carbocycles. The highest BCUT2D eigenvalue weighted by Crippen LogP contribution is 2.27. The maximum Gasteiger partial charge on any atom is 0.177 e. The number of nitrogens with zero attached hydrogens (tertiary/aromatic N) is 1. The summed E-state index contributed by atoms with van der Waals surface area (Å²) in [6, 6.07) is 6.92. The van der Waals surface area contributed by atoms with E-state index in [1.165, 1.54) is 6.26 Å². The van der Waals surface area contributed by atoms with Gasteiger partial charge in [0, 0.05) is 19.3 Å². The molecule has 16 heavy (non-hydrogen) atoms. The summed E-state index contributed by atoms with van der Waals surface area (Å²) in [6.07, 6.45) is 1.55. The number of para-hydroxylation sites is 1. The topological polar surface area (TPSA) is 57.6 Å². The first-order valence-corrected chi connectivity index (χ1v) is 7.10. The zero-order valence-electron chi connectivity index (χ0n) is 9.13. The number of rotatable bonds is 2. The van der Waals surface area contributed by atoms with Crippen molar-refractivity contribution in [2.24, 2.45) is 0 Å². The molecule has 0 bridgehead atoms. The average molecular weight is 241 g/mol. The summed E-state index contributed by atoms with van der Waals surface area (Å²) in [7, 11) is -3.21. The van der Waals surface area contributed by atoms with Crippen molar-refractivity contribution in [3.63, 3.8) is 0 Å². The van der Waals surface area contributed by atoms with Gasteiger partial charge in [-0.25, -0.2) is 8.42 Å². The Morgan fingerprint density at radius 3 is 2.62 bits per heavy atom. The Hall–Kier alpha value is -1.07. The molecule has 1 aliphatic heterocycles. The van der Waals surface area contributed by atoms with Gasteiger partial charge in [0.2, 0.25) is 0 Å². The van der Waals surface area contributed by atoms with E-state index in [1.54, 1.807) is 18.2 Å². The molecule has 0 spiro atoms. The number of β-amino-alcohol motifs (C(OH)–C–C–N with tert-alkyl or cyclic N) is 1. The Morgan fingerprint density at radius 1 is 1.38 bits per heavy atom. The number of sulfone groups is 1. The van der Waals surface area contributed by atoms with Crippen LogP contribution < -0.4 is 4.90 Å². The summed E-state index contributed by atoms with van der Waals surface area (Å²) >= 11 is 0. The van der Waals surface area contributed by atoms with E-state index in [4.69, 9.17) is 0 Å². The van der Waals surface area contributed by atoms with E-state index in [1.807, 2.05) is 11.0 Å². The van der Waals surface area contributed by atoms with Gasteiger partial charge in [0.05, 0.1) is 16.7 Å². The molecule has 0 aromatic heterocycles. The van der Waals surface area contributed by atoms with Gasteiger partial charge in [0.1, 0.15) is 0 Å². The van der Waals surface area contributed by atoms with Gasteiger partial charge >= 0.3 is 0 Å². The third-order valence-corrected chi connectivity index (χ3v) is 3.91. The number of aliphatic hydroxyl groups excluding tert-OH is 1. The van der Waals surface area contributed by atoms with Crippen molar-refractivity contribution in [2.45, 2.75) is 17.4 Å².